The second-order valence-electron chi connectivity index (χ2n) is 8.35. The molecule has 3 aromatic heterocycles. The number of pyridine rings is 1. The standard InChI is InChI=1S/C21H22FN7O3/c1-11(2)27-9-14-19(21(27)32)28(10-17(30)25-16-4-3-13(22)8-24-16)18-5-15(12-6-23-7-12)26-29(18)20(14)31/h3-5,8,11-12,23H,6-7,9-10H2,1-2H3,(H,24,25,30). The van der Waals surface area contributed by atoms with Crippen molar-refractivity contribution in [3.8, 4) is 0 Å². The molecule has 0 aromatic carbocycles. The number of aromatic nitrogens is 4. The number of anilines is 1. The van der Waals surface area contributed by atoms with Gasteiger partial charge in [0.25, 0.3) is 11.5 Å². The van der Waals surface area contributed by atoms with Gasteiger partial charge < -0.3 is 20.1 Å². The number of rotatable bonds is 5. The minimum absolute atomic E-state index is 0.107. The second-order valence-corrected chi connectivity index (χ2v) is 8.35. The maximum absolute atomic E-state index is 13.2. The van der Waals surface area contributed by atoms with Gasteiger partial charge in [0.15, 0.2) is 0 Å². The van der Waals surface area contributed by atoms with Gasteiger partial charge in [-0.05, 0) is 26.0 Å². The molecular formula is C21H22FN7O3. The van der Waals surface area contributed by atoms with Crippen LogP contribution in [0.4, 0.5) is 10.2 Å². The van der Waals surface area contributed by atoms with Gasteiger partial charge in [0.1, 0.15) is 29.5 Å². The molecule has 32 heavy (non-hydrogen) atoms. The van der Waals surface area contributed by atoms with Crippen molar-refractivity contribution in [1.29, 1.82) is 0 Å². The van der Waals surface area contributed by atoms with Crippen molar-refractivity contribution in [2.24, 2.45) is 0 Å². The van der Waals surface area contributed by atoms with E-state index in [0.29, 0.717) is 11.2 Å². The van der Waals surface area contributed by atoms with Gasteiger partial charge in [0.05, 0.1) is 24.0 Å². The number of nitrogens with zero attached hydrogens (tertiary/aromatic N) is 5. The van der Waals surface area contributed by atoms with E-state index in [-0.39, 0.29) is 48.0 Å². The Morgan fingerprint density at radius 1 is 1.31 bits per heavy atom. The molecule has 2 N–H and O–H groups in total. The van der Waals surface area contributed by atoms with Crippen LogP contribution in [0.2, 0.25) is 0 Å². The van der Waals surface area contributed by atoms with E-state index in [1.807, 2.05) is 13.8 Å². The van der Waals surface area contributed by atoms with Crippen LogP contribution >= 0.6 is 0 Å². The SMILES string of the molecule is CC(C)N1Cc2c(n(CC(=O)Nc3ccc(F)cn3)c3cc(C4CNC4)nn3c2=O)C1=O. The van der Waals surface area contributed by atoms with Crippen molar-refractivity contribution in [2.45, 2.75) is 38.9 Å². The first-order valence-corrected chi connectivity index (χ1v) is 10.4. The van der Waals surface area contributed by atoms with Crippen molar-refractivity contribution in [3.05, 3.63) is 57.5 Å². The summed E-state index contributed by atoms with van der Waals surface area (Å²) in [5.41, 5.74) is 1.31. The fourth-order valence-electron chi connectivity index (χ4n) is 4.05. The fraction of sp³-hybridized carbons (Fsp3) is 0.381. The third kappa shape index (κ3) is 3.25. The van der Waals surface area contributed by atoms with E-state index < -0.39 is 11.7 Å². The monoisotopic (exact) mass is 439 g/mol. The number of hydrogen-bond donors (Lipinski definition) is 2. The number of amides is 2. The summed E-state index contributed by atoms with van der Waals surface area (Å²) in [7, 11) is 0. The molecule has 1 fully saturated rings. The maximum Gasteiger partial charge on any atom is 0.280 e. The molecule has 0 atom stereocenters. The van der Waals surface area contributed by atoms with Crippen LogP contribution in [0.3, 0.4) is 0 Å². The molecule has 5 heterocycles. The van der Waals surface area contributed by atoms with Gasteiger partial charge in [-0.15, -0.1) is 0 Å². The van der Waals surface area contributed by atoms with Crippen LogP contribution in [0.1, 0.15) is 41.5 Å². The Kier molecular flexibility index (Phi) is 4.77. The Bertz CT molecular complexity index is 1290. The summed E-state index contributed by atoms with van der Waals surface area (Å²) in [5, 5.41) is 10.3. The zero-order valence-corrected chi connectivity index (χ0v) is 17.6. The van der Waals surface area contributed by atoms with Crippen LogP contribution in [0, 0.1) is 5.82 Å². The average molecular weight is 439 g/mol. The van der Waals surface area contributed by atoms with Gasteiger partial charge in [-0.1, -0.05) is 0 Å². The molecule has 5 rings (SSSR count). The Hall–Kier alpha value is -3.60. The van der Waals surface area contributed by atoms with Crippen molar-refractivity contribution in [2.75, 3.05) is 18.4 Å². The lowest BCUT2D eigenvalue weighted by atomic mass is 10.00. The summed E-state index contributed by atoms with van der Waals surface area (Å²) < 4.78 is 15.9. The highest BCUT2D eigenvalue weighted by molar-refractivity contribution is 5.98. The van der Waals surface area contributed by atoms with Gasteiger partial charge in [0.2, 0.25) is 5.91 Å². The first-order valence-electron chi connectivity index (χ1n) is 10.4. The van der Waals surface area contributed by atoms with E-state index in [1.165, 1.54) is 16.6 Å². The summed E-state index contributed by atoms with van der Waals surface area (Å²) >= 11 is 0. The highest BCUT2D eigenvalue weighted by Crippen LogP contribution is 2.26. The molecule has 2 amide bonds. The fourth-order valence-corrected chi connectivity index (χ4v) is 4.05. The first kappa shape index (κ1) is 20.3. The number of nitrogens with one attached hydrogen (secondary N) is 2. The molecule has 2 aliphatic rings. The molecule has 11 heteroatoms. The molecular weight excluding hydrogens is 417 g/mol. The van der Waals surface area contributed by atoms with E-state index in [0.717, 1.165) is 25.0 Å². The molecule has 1 saturated heterocycles. The number of fused-ring (bicyclic) bond motifs is 2. The van der Waals surface area contributed by atoms with Crippen molar-refractivity contribution in [3.63, 3.8) is 0 Å². The smallest absolute Gasteiger partial charge is 0.280 e. The van der Waals surface area contributed by atoms with Crippen molar-refractivity contribution in [1.82, 2.24) is 29.4 Å². The Morgan fingerprint density at radius 3 is 2.72 bits per heavy atom. The lowest BCUT2D eigenvalue weighted by Crippen LogP contribution is -2.40. The first-order chi connectivity index (χ1) is 15.3. The molecule has 10 nitrogen and oxygen atoms in total. The maximum atomic E-state index is 13.2. The summed E-state index contributed by atoms with van der Waals surface area (Å²) in [6.07, 6.45) is 1.00. The number of carbonyl (C=O) groups is 2. The minimum atomic E-state index is -0.514. The predicted molar refractivity (Wildman–Crippen MR) is 113 cm³/mol. The molecule has 2 aliphatic heterocycles. The average Bonchev–Trinajstić information content (AvgIpc) is 3.28. The van der Waals surface area contributed by atoms with Gasteiger partial charge in [-0.25, -0.2) is 9.37 Å². The van der Waals surface area contributed by atoms with E-state index in [1.54, 1.807) is 15.5 Å². The topological polar surface area (TPSA) is 114 Å². The van der Waals surface area contributed by atoms with Crippen molar-refractivity contribution < 1.29 is 14.0 Å². The van der Waals surface area contributed by atoms with Crippen LogP contribution < -0.4 is 16.2 Å². The molecule has 0 saturated carbocycles. The zero-order chi connectivity index (χ0) is 22.6. The van der Waals surface area contributed by atoms with Crippen LogP contribution in [0.5, 0.6) is 0 Å². The van der Waals surface area contributed by atoms with Gasteiger partial charge in [-0.3, -0.25) is 14.4 Å². The Balaban J connectivity index is 1.59. The predicted octanol–water partition coefficient (Wildman–Crippen LogP) is 0.720. The molecule has 0 unspecified atom stereocenters. The molecule has 0 bridgehead atoms. The van der Waals surface area contributed by atoms with Crippen LogP contribution in [-0.2, 0) is 17.9 Å². The zero-order valence-electron chi connectivity index (χ0n) is 17.6. The number of hydrogen-bond acceptors (Lipinski definition) is 6. The summed E-state index contributed by atoms with van der Waals surface area (Å²) in [4.78, 5) is 44.6. The van der Waals surface area contributed by atoms with Gasteiger partial charge in [0, 0.05) is 31.1 Å². The third-order valence-electron chi connectivity index (χ3n) is 5.90. The molecule has 0 aliphatic carbocycles. The lowest BCUT2D eigenvalue weighted by molar-refractivity contribution is -0.116. The number of halogens is 1. The highest BCUT2D eigenvalue weighted by atomic mass is 19.1. The molecule has 166 valence electrons. The molecule has 3 aromatic rings. The number of carbonyl (C=O) groups excluding carboxylic acids is 2. The lowest BCUT2D eigenvalue weighted by Gasteiger charge is -2.24. The summed E-state index contributed by atoms with van der Waals surface area (Å²) in [5.74, 6) is -0.900. The minimum Gasteiger partial charge on any atom is -0.330 e. The second kappa shape index (κ2) is 7.52. The molecule has 0 spiro atoms. The third-order valence-corrected chi connectivity index (χ3v) is 5.90. The van der Waals surface area contributed by atoms with Crippen LogP contribution in [-0.4, -0.2) is 55.0 Å². The molecule has 0 radical (unpaired) electrons. The van der Waals surface area contributed by atoms with Crippen LogP contribution in [0.25, 0.3) is 5.65 Å². The van der Waals surface area contributed by atoms with Crippen LogP contribution in [0.15, 0.2) is 29.2 Å². The van der Waals surface area contributed by atoms with Gasteiger partial charge in [-0.2, -0.15) is 9.61 Å². The largest absolute Gasteiger partial charge is 0.330 e. The van der Waals surface area contributed by atoms with E-state index in [9.17, 15) is 18.8 Å². The summed E-state index contributed by atoms with van der Waals surface area (Å²) in [6, 6.07) is 4.20. The Morgan fingerprint density at radius 2 is 2.09 bits per heavy atom. The van der Waals surface area contributed by atoms with E-state index in [4.69, 9.17) is 0 Å². The van der Waals surface area contributed by atoms with Crippen molar-refractivity contribution >= 4 is 23.3 Å². The van der Waals surface area contributed by atoms with E-state index in [2.05, 4.69) is 20.7 Å². The highest BCUT2D eigenvalue weighted by Gasteiger charge is 2.36. The normalized spacial score (nSPS) is 16.0. The summed E-state index contributed by atoms with van der Waals surface area (Å²) in [6.45, 7) is 5.21. The Labute approximate surface area is 182 Å². The quantitative estimate of drug-likeness (QED) is 0.606. The van der Waals surface area contributed by atoms with E-state index >= 15 is 0 Å². The van der Waals surface area contributed by atoms with Gasteiger partial charge >= 0.3 is 0 Å².